The van der Waals surface area contributed by atoms with Gasteiger partial charge in [0.2, 0.25) is 0 Å². The van der Waals surface area contributed by atoms with Crippen molar-refractivity contribution in [2.75, 3.05) is 40.4 Å². The number of aryl methyl sites for hydroxylation is 1. The van der Waals surface area contributed by atoms with Gasteiger partial charge in [0.15, 0.2) is 11.5 Å². The number of amides is 1. The largest absolute Gasteiger partial charge is 0.503 e. The van der Waals surface area contributed by atoms with E-state index in [9.17, 15) is 14.7 Å². The van der Waals surface area contributed by atoms with Crippen LogP contribution in [0.4, 0.5) is 0 Å². The van der Waals surface area contributed by atoms with Crippen molar-refractivity contribution in [1.82, 2.24) is 9.80 Å². The zero-order valence-electron chi connectivity index (χ0n) is 19.9. The van der Waals surface area contributed by atoms with Crippen LogP contribution in [0.2, 0.25) is 0 Å². The third-order valence-electron chi connectivity index (χ3n) is 6.15. The highest BCUT2D eigenvalue weighted by atomic mass is 16.5. The maximum Gasteiger partial charge on any atom is 0.290 e. The molecule has 2 aromatic rings. The summed E-state index contributed by atoms with van der Waals surface area (Å²) in [4.78, 5) is 30.5. The van der Waals surface area contributed by atoms with Crippen LogP contribution < -0.4 is 9.47 Å². The number of nitrogens with zero attached hydrogens (tertiary/aromatic N) is 2. The second-order valence-electron chi connectivity index (χ2n) is 7.99. The van der Waals surface area contributed by atoms with Crippen molar-refractivity contribution in [2.24, 2.45) is 0 Å². The lowest BCUT2D eigenvalue weighted by atomic mass is 9.91. The molecule has 33 heavy (non-hydrogen) atoms. The Morgan fingerprint density at radius 1 is 1.06 bits per heavy atom. The van der Waals surface area contributed by atoms with Gasteiger partial charge in [0.25, 0.3) is 5.91 Å². The molecule has 1 aliphatic heterocycles. The summed E-state index contributed by atoms with van der Waals surface area (Å²) >= 11 is 0. The van der Waals surface area contributed by atoms with E-state index in [-0.39, 0.29) is 11.4 Å². The number of methoxy groups -OCH3 is 2. The van der Waals surface area contributed by atoms with Gasteiger partial charge in [-0.2, -0.15) is 0 Å². The number of ketones is 1. The Balaban J connectivity index is 2.12. The summed E-state index contributed by atoms with van der Waals surface area (Å²) < 4.78 is 11.0. The number of hydrogen-bond donors (Lipinski definition) is 1. The highest BCUT2D eigenvalue weighted by Crippen LogP contribution is 2.43. The van der Waals surface area contributed by atoms with E-state index in [0.29, 0.717) is 35.7 Å². The van der Waals surface area contributed by atoms with Crippen molar-refractivity contribution in [3.63, 3.8) is 0 Å². The Hall–Kier alpha value is -3.32. The normalized spacial score (nSPS) is 16.0. The van der Waals surface area contributed by atoms with Crippen LogP contribution in [0.25, 0.3) is 0 Å². The predicted octanol–water partition coefficient (Wildman–Crippen LogP) is 3.93. The van der Waals surface area contributed by atoms with Crippen molar-refractivity contribution < 1.29 is 24.2 Å². The minimum atomic E-state index is -0.799. The van der Waals surface area contributed by atoms with Gasteiger partial charge in [0, 0.05) is 24.2 Å². The number of aliphatic hydroxyl groups is 1. The SMILES string of the molecule is CCN(CC)CCN1C(=O)C(O)=C(C(=O)c2ccc(C)cc2)C1c1cc(OC)ccc1OC. The zero-order chi connectivity index (χ0) is 24.1. The number of carbonyl (C=O) groups excluding carboxylic acids is 2. The van der Waals surface area contributed by atoms with Crippen molar-refractivity contribution in [3.05, 3.63) is 70.5 Å². The van der Waals surface area contributed by atoms with Crippen LogP contribution in [0.15, 0.2) is 53.8 Å². The Morgan fingerprint density at radius 3 is 2.30 bits per heavy atom. The van der Waals surface area contributed by atoms with E-state index in [1.165, 1.54) is 7.11 Å². The zero-order valence-corrected chi connectivity index (χ0v) is 19.9. The number of carbonyl (C=O) groups is 2. The second-order valence-corrected chi connectivity index (χ2v) is 7.99. The average Bonchev–Trinajstić information content (AvgIpc) is 3.09. The number of rotatable bonds is 10. The minimum absolute atomic E-state index is 0.0509. The van der Waals surface area contributed by atoms with E-state index in [0.717, 1.165) is 18.7 Å². The number of likely N-dealkylation sites (N-methyl/N-ethyl adjacent to an activating group) is 1. The monoisotopic (exact) mass is 452 g/mol. The summed E-state index contributed by atoms with van der Waals surface area (Å²) in [7, 11) is 3.09. The number of aliphatic hydroxyl groups excluding tert-OH is 1. The lowest BCUT2D eigenvalue weighted by Gasteiger charge is -2.30. The van der Waals surface area contributed by atoms with Gasteiger partial charge in [-0.1, -0.05) is 43.7 Å². The molecule has 0 radical (unpaired) electrons. The summed E-state index contributed by atoms with van der Waals surface area (Å²) in [5.41, 5.74) is 2.06. The van der Waals surface area contributed by atoms with Gasteiger partial charge in [-0.15, -0.1) is 0 Å². The van der Waals surface area contributed by atoms with E-state index in [2.05, 4.69) is 18.7 Å². The number of ether oxygens (including phenoxy) is 2. The standard InChI is InChI=1S/C26H32N2O5/c1-6-27(7-2)14-15-28-23(20-16-19(32-4)12-13-21(20)33-5)22(25(30)26(28)31)24(29)18-10-8-17(3)9-11-18/h8-13,16,23,30H,6-7,14-15H2,1-5H3. The average molecular weight is 453 g/mol. The number of hydrogen-bond acceptors (Lipinski definition) is 6. The maximum absolute atomic E-state index is 13.6. The van der Waals surface area contributed by atoms with Gasteiger partial charge in [0.05, 0.1) is 25.8 Å². The van der Waals surface area contributed by atoms with Crippen LogP contribution in [0, 0.1) is 6.92 Å². The fourth-order valence-electron chi connectivity index (χ4n) is 4.14. The Labute approximate surface area is 195 Å². The topological polar surface area (TPSA) is 79.3 Å². The van der Waals surface area contributed by atoms with E-state index < -0.39 is 17.7 Å². The van der Waals surface area contributed by atoms with Gasteiger partial charge < -0.3 is 24.4 Å². The Bertz CT molecular complexity index is 1040. The summed E-state index contributed by atoms with van der Waals surface area (Å²) in [6.07, 6.45) is 0. The van der Waals surface area contributed by atoms with E-state index in [4.69, 9.17) is 9.47 Å². The molecule has 1 heterocycles. The van der Waals surface area contributed by atoms with Crippen molar-refractivity contribution >= 4 is 11.7 Å². The molecule has 0 bridgehead atoms. The second kappa shape index (κ2) is 10.5. The molecule has 0 aliphatic carbocycles. The molecule has 2 aromatic carbocycles. The smallest absolute Gasteiger partial charge is 0.290 e. The first-order valence-electron chi connectivity index (χ1n) is 11.2. The van der Waals surface area contributed by atoms with Crippen LogP contribution in [-0.2, 0) is 4.79 Å². The molecule has 1 N–H and O–H groups in total. The molecule has 0 spiro atoms. The molecule has 0 fully saturated rings. The first kappa shape index (κ1) is 24.3. The van der Waals surface area contributed by atoms with Crippen molar-refractivity contribution in [3.8, 4) is 11.5 Å². The molecule has 7 heteroatoms. The van der Waals surface area contributed by atoms with E-state index in [1.54, 1.807) is 42.3 Å². The highest BCUT2D eigenvalue weighted by Gasteiger charge is 2.44. The summed E-state index contributed by atoms with van der Waals surface area (Å²) in [6, 6.07) is 11.5. The molecule has 1 atom stereocenters. The first-order chi connectivity index (χ1) is 15.9. The Kier molecular flexibility index (Phi) is 7.76. The van der Waals surface area contributed by atoms with E-state index >= 15 is 0 Å². The molecular weight excluding hydrogens is 420 g/mol. The van der Waals surface area contributed by atoms with E-state index in [1.807, 2.05) is 19.1 Å². The third-order valence-corrected chi connectivity index (χ3v) is 6.15. The molecule has 0 saturated heterocycles. The lowest BCUT2D eigenvalue weighted by molar-refractivity contribution is -0.129. The van der Waals surface area contributed by atoms with Crippen LogP contribution in [-0.4, -0.2) is 67.0 Å². The van der Waals surface area contributed by atoms with Crippen molar-refractivity contribution in [1.29, 1.82) is 0 Å². The lowest BCUT2D eigenvalue weighted by Crippen LogP contribution is -2.38. The molecule has 1 aliphatic rings. The molecule has 7 nitrogen and oxygen atoms in total. The van der Waals surface area contributed by atoms with Gasteiger partial charge in [-0.25, -0.2) is 0 Å². The highest BCUT2D eigenvalue weighted by molar-refractivity contribution is 6.16. The molecule has 3 rings (SSSR count). The van der Waals surface area contributed by atoms with Crippen molar-refractivity contribution in [2.45, 2.75) is 26.8 Å². The third kappa shape index (κ3) is 4.88. The molecular formula is C26H32N2O5. The van der Waals surface area contributed by atoms with Gasteiger partial charge in [-0.05, 0) is 38.2 Å². The fourth-order valence-corrected chi connectivity index (χ4v) is 4.14. The molecule has 0 aromatic heterocycles. The Morgan fingerprint density at radius 2 is 1.73 bits per heavy atom. The fraction of sp³-hybridized carbons (Fsp3) is 0.385. The van der Waals surface area contributed by atoms with Gasteiger partial charge in [0.1, 0.15) is 11.5 Å². The molecule has 0 saturated carbocycles. The van der Waals surface area contributed by atoms with Gasteiger partial charge in [-0.3, -0.25) is 9.59 Å². The maximum atomic E-state index is 13.6. The summed E-state index contributed by atoms with van der Waals surface area (Å²) in [5, 5.41) is 10.9. The van der Waals surface area contributed by atoms with Crippen LogP contribution in [0.3, 0.4) is 0 Å². The minimum Gasteiger partial charge on any atom is -0.503 e. The van der Waals surface area contributed by atoms with Gasteiger partial charge >= 0.3 is 0 Å². The quantitative estimate of drug-likeness (QED) is 0.550. The van der Waals surface area contributed by atoms with Crippen LogP contribution in [0.5, 0.6) is 11.5 Å². The first-order valence-corrected chi connectivity index (χ1v) is 11.2. The van der Waals surface area contributed by atoms with Crippen LogP contribution in [0.1, 0.15) is 41.4 Å². The number of Topliss-reactive ketones (excluding diaryl/α,β-unsaturated/α-hetero) is 1. The molecule has 1 amide bonds. The predicted molar refractivity (Wildman–Crippen MR) is 127 cm³/mol. The summed E-state index contributed by atoms with van der Waals surface area (Å²) in [5.74, 6) is -0.399. The summed E-state index contributed by atoms with van der Waals surface area (Å²) in [6.45, 7) is 8.67. The molecule has 176 valence electrons. The van der Waals surface area contributed by atoms with Crippen LogP contribution >= 0.6 is 0 Å². The number of benzene rings is 2. The molecule has 1 unspecified atom stereocenters.